The molecule has 1 N–H and O–H groups in total. The van der Waals surface area contributed by atoms with Gasteiger partial charge >= 0.3 is 0 Å². The van der Waals surface area contributed by atoms with Crippen molar-refractivity contribution in [2.45, 2.75) is 37.5 Å². The lowest BCUT2D eigenvalue weighted by Gasteiger charge is -2.34. The summed E-state index contributed by atoms with van der Waals surface area (Å²) in [6.07, 6.45) is 1.29. The summed E-state index contributed by atoms with van der Waals surface area (Å²) < 4.78 is 34.7. The van der Waals surface area contributed by atoms with Crippen molar-refractivity contribution in [1.29, 1.82) is 0 Å². The zero-order valence-electron chi connectivity index (χ0n) is 18.0. The van der Waals surface area contributed by atoms with Crippen molar-refractivity contribution < 1.29 is 17.9 Å². The molecule has 1 saturated heterocycles. The number of carbonyl (C=O) groups is 1. The van der Waals surface area contributed by atoms with E-state index in [1.165, 1.54) is 28.6 Å². The second-order valence-electron chi connectivity index (χ2n) is 7.92. The second kappa shape index (κ2) is 9.23. The maximum atomic E-state index is 13.0. The second-order valence-corrected chi connectivity index (χ2v) is 9.86. The molecular formula is C23H26N4O4S. The molecule has 3 aromatic rings. The molecule has 1 fully saturated rings. The minimum Gasteiger partial charge on any atom is -0.373 e. The Labute approximate surface area is 187 Å². The first-order valence-electron chi connectivity index (χ1n) is 10.5. The lowest BCUT2D eigenvalue weighted by atomic mass is 10.2. The molecule has 0 spiro atoms. The molecule has 2 heterocycles. The van der Waals surface area contributed by atoms with Crippen LogP contribution in [-0.4, -0.2) is 53.7 Å². The molecule has 1 aromatic heterocycles. The number of nitrogens with one attached hydrogen (secondary N) is 1. The number of ether oxygens (including phenoxy) is 1. The summed E-state index contributed by atoms with van der Waals surface area (Å²) in [6.45, 7) is 4.85. The lowest BCUT2D eigenvalue weighted by molar-refractivity contribution is -0.0440. The maximum Gasteiger partial charge on any atom is 0.256 e. The van der Waals surface area contributed by atoms with Crippen LogP contribution in [0.5, 0.6) is 0 Å². The Bertz CT molecular complexity index is 1170. The SMILES string of the molecule is C[C@@H]1CN(S(=O)(=O)c2ccc(C(=O)Nc3ccnn3Cc3ccccc3)cc2)C[C@@H](C)O1. The maximum absolute atomic E-state index is 13.0. The Morgan fingerprint density at radius 3 is 2.34 bits per heavy atom. The molecule has 4 rings (SSSR count). The van der Waals surface area contributed by atoms with Gasteiger partial charge in [0.15, 0.2) is 0 Å². The van der Waals surface area contributed by atoms with Crippen molar-refractivity contribution in [2.75, 3.05) is 18.4 Å². The average molecular weight is 455 g/mol. The third-order valence-electron chi connectivity index (χ3n) is 5.27. The first-order chi connectivity index (χ1) is 15.3. The zero-order valence-corrected chi connectivity index (χ0v) is 18.8. The average Bonchev–Trinajstić information content (AvgIpc) is 3.20. The fourth-order valence-corrected chi connectivity index (χ4v) is 5.35. The van der Waals surface area contributed by atoms with E-state index < -0.39 is 10.0 Å². The number of carbonyl (C=O) groups excluding carboxylic acids is 1. The van der Waals surface area contributed by atoms with Crippen LogP contribution in [0.2, 0.25) is 0 Å². The number of anilines is 1. The third kappa shape index (κ3) is 4.90. The van der Waals surface area contributed by atoms with Gasteiger partial charge in [-0.15, -0.1) is 0 Å². The van der Waals surface area contributed by atoms with E-state index in [4.69, 9.17) is 4.74 Å². The van der Waals surface area contributed by atoms with Gasteiger partial charge in [-0.3, -0.25) is 4.79 Å². The Balaban J connectivity index is 1.46. The molecule has 1 aliphatic heterocycles. The highest BCUT2D eigenvalue weighted by atomic mass is 32.2. The van der Waals surface area contributed by atoms with Crippen LogP contribution in [0.15, 0.2) is 71.8 Å². The number of benzene rings is 2. The Morgan fingerprint density at radius 2 is 1.69 bits per heavy atom. The fourth-order valence-electron chi connectivity index (χ4n) is 3.76. The summed E-state index contributed by atoms with van der Waals surface area (Å²) in [6, 6.07) is 17.5. The molecular weight excluding hydrogens is 428 g/mol. The number of nitrogens with zero attached hydrogens (tertiary/aromatic N) is 3. The van der Waals surface area contributed by atoms with Crippen molar-refractivity contribution in [2.24, 2.45) is 0 Å². The van der Waals surface area contributed by atoms with Gasteiger partial charge in [0.1, 0.15) is 5.82 Å². The summed E-state index contributed by atoms with van der Waals surface area (Å²) >= 11 is 0. The molecule has 0 radical (unpaired) electrons. The van der Waals surface area contributed by atoms with Crippen LogP contribution in [0.25, 0.3) is 0 Å². The molecule has 0 unspecified atom stereocenters. The van der Waals surface area contributed by atoms with Crippen molar-refractivity contribution >= 4 is 21.7 Å². The van der Waals surface area contributed by atoms with Crippen molar-refractivity contribution in [3.8, 4) is 0 Å². The third-order valence-corrected chi connectivity index (χ3v) is 7.12. The summed E-state index contributed by atoms with van der Waals surface area (Å²) in [5.41, 5.74) is 1.42. The van der Waals surface area contributed by atoms with Crippen molar-refractivity contribution in [1.82, 2.24) is 14.1 Å². The van der Waals surface area contributed by atoms with Crippen molar-refractivity contribution in [3.63, 3.8) is 0 Å². The normalized spacial score (nSPS) is 19.6. The smallest absolute Gasteiger partial charge is 0.256 e. The number of rotatable bonds is 6. The van der Waals surface area contributed by atoms with E-state index in [2.05, 4.69) is 10.4 Å². The van der Waals surface area contributed by atoms with Gasteiger partial charge in [0.2, 0.25) is 10.0 Å². The number of morpholine rings is 1. The van der Waals surface area contributed by atoms with Gasteiger partial charge in [0, 0.05) is 24.7 Å². The molecule has 1 amide bonds. The highest BCUT2D eigenvalue weighted by Crippen LogP contribution is 2.22. The van der Waals surface area contributed by atoms with Crippen molar-refractivity contribution in [3.05, 3.63) is 78.0 Å². The Hall–Kier alpha value is -3.01. The minimum absolute atomic E-state index is 0.157. The van der Waals surface area contributed by atoms with E-state index >= 15 is 0 Å². The molecule has 2 atom stereocenters. The van der Waals surface area contributed by atoms with Crippen LogP contribution in [0, 0.1) is 0 Å². The fraction of sp³-hybridized carbons (Fsp3) is 0.304. The Kier molecular flexibility index (Phi) is 6.40. The molecule has 0 aliphatic carbocycles. The standard InChI is InChI=1S/C23H26N4O4S/c1-17-14-26(15-18(2)31-17)32(29,30)21-10-8-20(9-11-21)23(28)25-22-12-13-24-27(22)16-19-6-4-3-5-7-19/h3-13,17-18H,14-16H2,1-2H3,(H,25,28)/t17-,18-/m1/s1. The molecule has 8 nitrogen and oxygen atoms in total. The predicted molar refractivity (Wildman–Crippen MR) is 121 cm³/mol. The highest BCUT2D eigenvalue weighted by Gasteiger charge is 2.32. The van der Waals surface area contributed by atoms with E-state index in [0.717, 1.165) is 5.56 Å². The molecule has 0 bridgehead atoms. The molecule has 1 aliphatic rings. The monoisotopic (exact) mass is 454 g/mol. The van der Waals surface area contributed by atoms with Gasteiger partial charge < -0.3 is 10.1 Å². The van der Waals surface area contributed by atoms with E-state index in [9.17, 15) is 13.2 Å². The quantitative estimate of drug-likeness (QED) is 0.618. The van der Waals surface area contributed by atoms with Crippen LogP contribution in [0.4, 0.5) is 5.82 Å². The number of amides is 1. The molecule has 2 aromatic carbocycles. The van der Waals surface area contributed by atoms with E-state index in [1.807, 2.05) is 44.2 Å². The molecule has 32 heavy (non-hydrogen) atoms. The van der Waals surface area contributed by atoms with Crippen LogP contribution in [0.1, 0.15) is 29.8 Å². The topological polar surface area (TPSA) is 93.5 Å². The Morgan fingerprint density at radius 1 is 1.03 bits per heavy atom. The number of aromatic nitrogens is 2. The first-order valence-corrected chi connectivity index (χ1v) is 11.9. The number of hydrogen-bond acceptors (Lipinski definition) is 5. The number of hydrogen-bond donors (Lipinski definition) is 1. The van der Waals surface area contributed by atoms with Crippen LogP contribution < -0.4 is 5.32 Å². The summed E-state index contributed by atoms with van der Waals surface area (Å²) in [5.74, 6) is 0.226. The first kappa shape index (κ1) is 22.2. The van der Waals surface area contributed by atoms with Gasteiger partial charge in [-0.2, -0.15) is 9.40 Å². The van der Waals surface area contributed by atoms with Gasteiger partial charge in [-0.1, -0.05) is 30.3 Å². The van der Waals surface area contributed by atoms with Crippen LogP contribution in [-0.2, 0) is 21.3 Å². The zero-order chi connectivity index (χ0) is 22.7. The van der Waals surface area contributed by atoms with Gasteiger partial charge in [0.05, 0.1) is 29.8 Å². The van der Waals surface area contributed by atoms with Gasteiger partial charge in [-0.25, -0.2) is 13.1 Å². The molecule has 0 saturated carbocycles. The molecule has 9 heteroatoms. The summed E-state index contributed by atoms with van der Waals surface area (Å²) in [4.78, 5) is 12.9. The van der Waals surface area contributed by atoms with Crippen LogP contribution in [0.3, 0.4) is 0 Å². The predicted octanol–water partition coefficient (Wildman–Crippen LogP) is 2.98. The minimum atomic E-state index is -3.65. The highest BCUT2D eigenvalue weighted by molar-refractivity contribution is 7.89. The van der Waals surface area contributed by atoms with E-state index in [-0.39, 0.29) is 23.0 Å². The van der Waals surface area contributed by atoms with Gasteiger partial charge in [0.25, 0.3) is 5.91 Å². The largest absolute Gasteiger partial charge is 0.373 e. The van der Waals surface area contributed by atoms with Gasteiger partial charge in [-0.05, 0) is 43.7 Å². The van der Waals surface area contributed by atoms with Crippen LogP contribution >= 0.6 is 0 Å². The summed E-state index contributed by atoms with van der Waals surface area (Å²) in [7, 11) is -3.65. The molecule has 168 valence electrons. The summed E-state index contributed by atoms with van der Waals surface area (Å²) in [5, 5.41) is 7.12. The van der Waals surface area contributed by atoms with E-state index in [1.54, 1.807) is 16.9 Å². The van der Waals surface area contributed by atoms with E-state index in [0.29, 0.717) is 31.0 Å². The number of sulfonamides is 1. The lowest BCUT2D eigenvalue weighted by Crippen LogP contribution is -2.48.